The quantitative estimate of drug-likeness (QED) is 0.459. The number of likely N-dealkylation sites (tertiary alicyclic amines) is 1. The highest BCUT2D eigenvalue weighted by Crippen LogP contribution is 2.15. The molecule has 1 aromatic heterocycles. The Morgan fingerprint density at radius 1 is 1.45 bits per heavy atom. The smallest absolute Gasteiger partial charge is 0.193 e. The monoisotopic (exact) mass is 407 g/mol. The van der Waals surface area contributed by atoms with Gasteiger partial charge in [0.1, 0.15) is 0 Å². The maximum Gasteiger partial charge on any atom is 0.193 e. The van der Waals surface area contributed by atoms with Crippen molar-refractivity contribution in [2.45, 2.75) is 33.1 Å². The first-order chi connectivity index (χ1) is 9.29. The number of hydrogen-bond donors (Lipinski definition) is 1. The van der Waals surface area contributed by atoms with Crippen molar-refractivity contribution in [3.8, 4) is 0 Å². The van der Waals surface area contributed by atoms with Crippen molar-refractivity contribution in [1.29, 1.82) is 0 Å². The zero-order valence-corrected chi connectivity index (χ0v) is 15.6. The molecule has 3 nitrogen and oxygen atoms in total. The van der Waals surface area contributed by atoms with Gasteiger partial charge in [0.05, 0.1) is 0 Å². The van der Waals surface area contributed by atoms with E-state index in [1.807, 2.05) is 11.3 Å². The third-order valence-corrected chi connectivity index (χ3v) is 4.32. The van der Waals surface area contributed by atoms with Gasteiger partial charge in [0.25, 0.3) is 0 Å². The molecule has 1 aromatic rings. The van der Waals surface area contributed by atoms with E-state index in [-0.39, 0.29) is 24.0 Å². The second-order valence-electron chi connectivity index (χ2n) is 5.28. The van der Waals surface area contributed by atoms with Gasteiger partial charge in [0.2, 0.25) is 0 Å². The van der Waals surface area contributed by atoms with Crippen LogP contribution in [-0.2, 0) is 6.42 Å². The molecule has 2 heterocycles. The van der Waals surface area contributed by atoms with Crippen LogP contribution in [0.2, 0.25) is 0 Å². The molecule has 1 saturated heterocycles. The number of hydrogen-bond acceptors (Lipinski definition) is 2. The number of thiophene rings is 1. The van der Waals surface area contributed by atoms with E-state index in [1.165, 1.54) is 17.7 Å². The minimum Gasteiger partial charge on any atom is -0.357 e. The van der Waals surface area contributed by atoms with Crippen LogP contribution < -0.4 is 5.32 Å². The fraction of sp³-hybridized carbons (Fsp3) is 0.667. The van der Waals surface area contributed by atoms with E-state index in [0.717, 1.165) is 38.6 Å². The average Bonchev–Trinajstić information content (AvgIpc) is 3.07. The lowest BCUT2D eigenvalue weighted by Crippen LogP contribution is -2.39. The lowest BCUT2D eigenvalue weighted by atomic mass is 10.1. The zero-order chi connectivity index (χ0) is 13.5. The van der Waals surface area contributed by atoms with E-state index >= 15 is 0 Å². The van der Waals surface area contributed by atoms with Crippen LogP contribution in [0.15, 0.2) is 22.5 Å². The standard InChI is InChI=1S/C15H25N3S.HI/c1-3-16-15(18-8-4-5-9-18)17-12-13(2)11-14-7-6-10-19-14;/h6-7,10,13H,3-5,8-9,11-12H2,1-2H3,(H,16,17);1H. The number of guanidine groups is 1. The van der Waals surface area contributed by atoms with E-state index in [0.29, 0.717) is 5.92 Å². The molecule has 114 valence electrons. The van der Waals surface area contributed by atoms with Crippen molar-refractivity contribution in [2.75, 3.05) is 26.2 Å². The fourth-order valence-electron chi connectivity index (χ4n) is 2.43. The summed E-state index contributed by atoms with van der Waals surface area (Å²) in [7, 11) is 0. The van der Waals surface area contributed by atoms with Crippen LogP contribution in [0.1, 0.15) is 31.6 Å². The maximum absolute atomic E-state index is 4.81. The third kappa shape index (κ3) is 5.60. The van der Waals surface area contributed by atoms with E-state index < -0.39 is 0 Å². The van der Waals surface area contributed by atoms with Gasteiger partial charge in [-0.25, -0.2) is 0 Å². The molecule has 0 aromatic carbocycles. The first-order valence-electron chi connectivity index (χ1n) is 7.35. The minimum atomic E-state index is 0. The van der Waals surface area contributed by atoms with Crippen LogP contribution in [0.5, 0.6) is 0 Å². The number of halogens is 1. The van der Waals surface area contributed by atoms with Crippen LogP contribution >= 0.6 is 35.3 Å². The van der Waals surface area contributed by atoms with Gasteiger partial charge in [0, 0.05) is 31.1 Å². The fourth-order valence-corrected chi connectivity index (χ4v) is 3.30. The molecule has 1 N–H and O–H groups in total. The molecule has 2 rings (SSSR count). The van der Waals surface area contributed by atoms with Gasteiger partial charge in [-0.1, -0.05) is 13.0 Å². The van der Waals surface area contributed by atoms with Gasteiger partial charge in [-0.2, -0.15) is 0 Å². The second kappa shape index (κ2) is 9.60. The Hall–Kier alpha value is -0.300. The SMILES string of the molecule is CCNC(=NCC(C)Cc1cccs1)N1CCCC1.I. The van der Waals surface area contributed by atoms with Gasteiger partial charge in [0.15, 0.2) is 5.96 Å². The summed E-state index contributed by atoms with van der Waals surface area (Å²) in [6.45, 7) is 8.61. The van der Waals surface area contributed by atoms with Gasteiger partial charge >= 0.3 is 0 Å². The molecule has 1 aliphatic rings. The summed E-state index contributed by atoms with van der Waals surface area (Å²) in [6.07, 6.45) is 3.74. The number of nitrogens with one attached hydrogen (secondary N) is 1. The second-order valence-corrected chi connectivity index (χ2v) is 6.31. The van der Waals surface area contributed by atoms with Crippen molar-refractivity contribution >= 4 is 41.3 Å². The van der Waals surface area contributed by atoms with E-state index in [2.05, 4.69) is 41.6 Å². The lowest BCUT2D eigenvalue weighted by molar-refractivity contribution is 0.487. The average molecular weight is 407 g/mol. The summed E-state index contributed by atoms with van der Waals surface area (Å²) in [5.41, 5.74) is 0. The molecule has 0 amide bonds. The van der Waals surface area contributed by atoms with Gasteiger partial charge < -0.3 is 10.2 Å². The highest BCUT2D eigenvalue weighted by Gasteiger charge is 2.15. The molecule has 0 aliphatic carbocycles. The molecule has 1 aliphatic heterocycles. The molecule has 0 saturated carbocycles. The summed E-state index contributed by atoms with van der Waals surface area (Å²) < 4.78 is 0. The molecule has 1 fully saturated rings. The first-order valence-corrected chi connectivity index (χ1v) is 8.23. The summed E-state index contributed by atoms with van der Waals surface area (Å²) in [4.78, 5) is 8.67. The van der Waals surface area contributed by atoms with Crippen LogP contribution in [0, 0.1) is 5.92 Å². The number of rotatable bonds is 5. The molecule has 0 spiro atoms. The largest absolute Gasteiger partial charge is 0.357 e. The van der Waals surface area contributed by atoms with Crippen molar-refractivity contribution < 1.29 is 0 Å². The Balaban J connectivity index is 0.00000200. The molecule has 5 heteroatoms. The Morgan fingerprint density at radius 3 is 2.80 bits per heavy atom. The Kier molecular flexibility index (Phi) is 8.52. The summed E-state index contributed by atoms with van der Waals surface area (Å²) in [5.74, 6) is 1.72. The van der Waals surface area contributed by atoms with Crippen molar-refractivity contribution in [1.82, 2.24) is 10.2 Å². The predicted octanol–water partition coefficient (Wildman–Crippen LogP) is 3.61. The van der Waals surface area contributed by atoms with Gasteiger partial charge in [-0.15, -0.1) is 35.3 Å². The van der Waals surface area contributed by atoms with Crippen LogP contribution in [-0.4, -0.2) is 37.0 Å². The highest BCUT2D eigenvalue weighted by atomic mass is 127. The van der Waals surface area contributed by atoms with Crippen molar-refractivity contribution in [3.05, 3.63) is 22.4 Å². The Morgan fingerprint density at radius 2 is 2.20 bits per heavy atom. The molecule has 0 radical (unpaired) electrons. The lowest BCUT2D eigenvalue weighted by Gasteiger charge is -2.21. The summed E-state index contributed by atoms with van der Waals surface area (Å²) in [6, 6.07) is 4.35. The number of aliphatic imine (C=N–C) groups is 1. The van der Waals surface area contributed by atoms with E-state index in [4.69, 9.17) is 4.99 Å². The number of nitrogens with zero attached hydrogens (tertiary/aromatic N) is 2. The van der Waals surface area contributed by atoms with Crippen LogP contribution in [0.3, 0.4) is 0 Å². The van der Waals surface area contributed by atoms with Gasteiger partial charge in [-0.05, 0) is 43.6 Å². The highest BCUT2D eigenvalue weighted by molar-refractivity contribution is 14.0. The Bertz CT molecular complexity index is 386. The van der Waals surface area contributed by atoms with Crippen LogP contribution in [0.4, 0.5) is 0 Å². The summed E-state index contributed by atoms with van der Waals surface area (Å²) in [5, 5.41) is 5.57. The molecular weight excluding hydrogens is 381 g/mol. The summed E-state index contributed by atoms with van der Waals surface area (Å²) >= 11 is 1.85. The zero-order valence-electron chi connectivity index (χ0n) is 12.5. The first kappa shape index (κ1) is 17.8. The van der Waals surface area contributed by atoms with Crippen LogP contribution in [0.25, 0.3) is 0 Å². The topological polar surface area (TPSA) is 27.6 Å². The van der Waals surface area contributed by atoms with Crippen molar-refractivity contribution in [3.63, 3.8) is 0 Å². The predicted molar refractivity (Wildman–Crippen MR) is 99.4 cm³/mol. The van der Waals surface area contributed by atoms with E-state index in [1.54, 1.807) is 0 Å². The molecule has 1 atom stereocenters. The van der Waals surface area contributed by atoms with Crippen molar-refractivity contribution in [2.24, 2.45) is 10.9 Å². The third-order valence-electron chi connectivity index (χ3n) is 3.42. The Labute approximate surface area is 143 Å². The molecule has 20 heavy (non-hydrogen) atoms. The molecule has 1 unspecified atom stereocenters. The van der Waals surface area contributed by atoms with E-state index in [9.17, 15) is 0 Å². The maximum atomic E-state index is 4.81. The minimum absolute atomic E-state index is 0. The normalized spacial score (nSPS) is 16.9. The molecule has 0 bridgehead atoms. The van der Waals surface area contributed by atoms with Gasteiger partial charge in [-0.3, -0.25) is 4.99 Å². The molecular formula is C15H26IN3S.